The second-order valence-corrected chi connectivity index (χ2v) is 5.86. The van der Waals surface area contributed by atoms with Crippen LogP contribution in [0.25, 0.3) is 0 Å². The van der Waals surface area contributed by atoms with Crippen LogP contribution in [0.1, 0.15) is 19.8 Å². The van der Waals surface area contributed by atoms with Gasteiger partial charge in [0.15, 0.2) is 0 Å². The fourth-order valence-electron chi connectivity index (χ4n) is 1.63. The van der Waals surface area contributed by atoms with Crippen LogP contribution < -0.4 is 5.32 Å². The second-order valence-electron chi connectivity index (χ2n) is 4.37. The Morgan fingerprint density at radius 2 is 2.00 bits per heavy atom. The first-order valence-corrected chi connectivity index (χ1v) is 7.77. The van der Waals surface area contributed by atoms with E-state index in [1.165, 1.54) is 11.8 Å². The van der Waals surface area contributed by atoms with Crippen LogP contribution in [0, 0.1) is 5.92 Å². The number of thioether (sulfide) groups is 1. The molecule has 0 saturated carbocycles. The van der Waals surface area contributed by atoms with Gasteiger partial charge in [-0.05, 0) is 30.7 Å². The fourth-order valence-corrected chi connectivity index (χ4v) is 2.48. The van der Waals surface area contributed by atoms with Crippen LogP contribution in [0.3, 0.4) is 0 Å². The Balaban J connectivity index is 2.32. The molecule has 0 radical (unpaired) electrons. The Labute approximate surface area is 127 Å². The molecule has 20 heavy (non-hydrogen) atoms. The molecule has 0 bridgehead atoms. The summed E-state index contributed by atoms with van der Waals surface area (Å²) < 4.78 is 0. The normalized spacial score (nSPS) is 11.9. The Kier molecular flexibility index (Phi) is 7.47. The molecule has 2 N–H and O–H groups in total. The molecule has 4 nitrogen and oxygen atoms in total. The van der Waals surface area contributed by atoms with Gasteiger partial charge < -0.3 is 10.4 Å². The molecule has 0 saturated heterocycles. The zero-order valence-corrected chi connectivity index (χ0v) is 12.8. The molecule has 1 atom stereocenters. The number of carbonyl (C=O) groups is 2. The van der Waals surface area contributed by atoms with E-state index in [9.17, 15) is 9.59 Å². The summed E-state index contributed by atoms with van der Waals surface area (Å²) in [6, 6.07) is 7.22. The Bertz CT molecular complexity index is 450. The Morgan fingerprint density at radius 1 is 1.35 bits per heavy atom. The summed E-state index contributed by atoms with van der Waals surface area (Å²) in [5, 5.41) is 12.3. The first-order chi connectivity index (χ1) is 9.52. The molecule has 1 rings (SSSR count). The number of carbonyl (C=O) groups excluding carboxylic acids is 1. The van der Waals surface area contributed by atoms with Gasteiger partial charge in [0.2, 0.25) is 5.91 Å². The fraction of sp³-hybridized carbons (Fsp3) is 0.429. The highest BCUT2D eigenvalue weighted by atomic mass is 35.5. The highest BCUT2D eigenvalue weighted by Crippen LogP contribution is 2.19. The van der Waals surface area contributed by atoms with Crippen LogP contribution in [0.4, 0.5) is 0 Å². The minimum Gasteiger partial charge on any atom is -0.481 e. The van der Waals surface area contributed by atoms with Crippen molar-refractivity contribution < 1.29 is 14.7 Å². The van der Waals surface area contributed by atoms with Crippen molar-refractivity contribution in [3.63, 3.8) is 0 Å². The van der Waals surface area contributed by atoms with Gasteiger partial charge in [-0.2, -0.15) is 0 Å². The van der Waals surface area contributed by atoms with E-state index in [0.29, 0.717) is 11.4 Å². The van der Waals surface area contributed by atoms with Crippen LogP contribution in [0.15, 0.2) is 29.2 Å². The smallest absolute Gasteiger partial charge is 0.308 e. The van der Waals surface area contributed by atoms with Crippen molar-refractivity contribution in [2.24, 2.45) is 5.92 Å². The van der Waals surface area contributed by atoms with E-state index in [4.69, 9.17) is 16.7 Å². The molecule has 1 aromatic rings. The number of benzene rings is 1. The Morgan fingerprint density at radius 3 is 2.55 bits per heavy atom. The largest absolute Gasteiger partial charge is 0.481 e. The lowest BCUT2D eigenvalue weighted by molar-refractivity contribution is -0.141. The zero-order chi connectivity index (χ0) is 15.0. The zero-order valence-electron chi connectivity index (χ0n) is 11.3. The third-order valence-electron chi connectivity index (χ3n) is 2.72. The maximum absolute atomic E-state index is 11.7. The van der Waals surface area contributed by atoms with Crippen LogP contribution in [-0.2, 0) is 9.59 Å². The molecule has 0 aliphatic heterocycles. The highest BCUT2D eigenvalue weighted by Gasteiger charge is 2.17. The predicted octanol–water partition coefficient (Wildman–Crippen LogP) is 3.05. The van der Waals surface area contributed by atoms with Gasteiger partial charge in [-0.25, -0.2) is 0 Å². The number of amides is 1. The molecular weight excluding hydrogens is 298 g/mol. The monoisotopic (exact) mass is 315 g/mol. The number of nitrogens with one attached hydrogen (secondary N) is 1. The molecule has 0 aliphatic rings. The standard InChI is InChI=1S/C14H18ClNO3S/c1-2-3-10(14(18)19)8-16-13(17)9-20-12-6-4-11(15)5-7-12/h4-7,10H,2-3,8-9H2,1H3,(H,16,17)(H,18,19). The molecule has 0 aromatic heterocycles. The van der Waals surface area contributed by atoms with E-state index < -0.39 is 11.9 Å². The Hall–Kier alpha value is -1.20. The van der Waals surface area contributed by atoms with E-state index in [1.54, 1.807) is 12.1 Å². The van der Waals surface area contributed by atoms with Crippen molar-refractivity contribution in [1.29, 1.82) is 0 Å². The number of rotatable bonds is 8. The summed E-state index contributed by atoms with van der Waals surface area (Å²) in [7, 11) is 0. The van der Waals surface area contributed by atoms with Crippen LogP contribution >= 0.6 is 23.4 Å². The predicted molar refractivity (Wildman–Crippen MR) is 81.2 cm³/mol. The van der Waals surface area contributed by atoms with Gasteiger partial charge in [0, 0.05) is 16.5 Å². The van der Waals surface area contributed by atoms with Crippen molar-refractivity contribution in [2.75, 3.05) is 12.3 Å². The van der Waals surface area contributed by atoms with E-state index in [-0.39, 0.29) is 18.2 Å². The topological polar surface area (TPSA) is 66.4 Å². The molecule has 0 aliphatic carbocycles. The van der Waals surface area contributed by atoms with Gasteiger partial charge in [0.25, 0.3) is 0 Å². The van der Waals surface area contributed by atoms with E-state index in [1.807, 2.05) is 19.1 Å². The average Bonchev–Trinajstić information content (AvgIpc) is 2.42. The summed E-state index contributed by atoms with van der Waals surface area (Å²) in [6.07, 6.45) is 1.35. The van der Waals surface area contributed by atoms with Crippen LogP contribution in [0.5, 0.6) is 0 Å². The molecule has 110 valence electrons. The third kappa shape index (κ3) is 6.30. The number of aliphatic carboxylic acids is 1. The van der Waals surface area contributed by atoms with Gasteiger partial charge in [-0.3, -0.25) is 9.59 Å². The van der Waals surface area contributed by atoms with Gasteiger partial charge in [0.1, 0.15) is 0 Å². The average molecular weight is 316 g/mol. The molecule has 6 heteroatoms. The summed E-state index contributed by atoms with van der Waals surface area (Å²) >= 11 is 7.17. The first kappa shape index (κ1) is 16.9. The quantitative estimate of drug-likeness (QED) is 0.724. The summed E-state index contributed by atoms with van der Waals surface area (Å²) in [5.74, 6) is -1.27. The minimum atomic E-state index is -0.863. The summed E-state index contributed by atoms with van der Waals surface area (Å²) in [5.41, 5.74) is 0. The maximum Gasteiger partial charge on any atom is 0.308 e. The molecule has 1 aromatic carbocycles. The molecule has 0 spiro atoms. The molecule has 0 fully saturated rings. The van der Waals surface area contributed by atoms with Crippen LogP contribution in [0.2, 0.25) is 5.02 Å². The molecular formula is C14H18ClNO3S. The number of carboxylic acid groups (broad SMARTS) is 1. The van der Waals surface area contributed by atoms with E-state index >= 15 is 0 Å². The number of hydrogen-bond donors (Lipinski definition) is 2. The van der Waals surface area contributed by atoms with Crippen molar-refractivity contribution in [3.05, 3.63) is 29.3 Å². The van der Waals surface area contributed by atoms with Crippen LogP contribution in [-0.4, -0.2) is 29.3 Å². The molecule has 1 unspecified atom stereocenters. The minimum absolute atomic E-state index is 0.160. The maximum atomic E-state index is 11.7. The third-order valence-corrected chi connectivity index (χ3v) is 3.98. The van der Waals surface area contributed by atoms with Gasteiger partial charge in [0.05, 0.1) is 11.7 Å². The summed E-state index contributed by atoms with van der Waals surface area (Å²) in [6.45, 7) is 2.11. The van der Waals surface area contributed by atoms with Crippen molar-refractivity contribution in [1.82, 2.24) is 5.32 Å². The van der Waals surface area contributed by atoms with Gasteiger partial charge in [-0.1, -0.05) is 24.9 Å². The second kappa shape index (κ2) is 8.87. The number of hydrogen-bond acceptors (Lipinski definition) is 3. The lowest BCUT2D eigenvalue weighted by atomic mass is 10.0. The van der Waals surface area contributed by atoms with Crippen molar-refractivity contribution in [3.8, 4) is 0 Å². The van der Waals surface area contributed by atoms with Crippen molar-refractivity contribution in [2.45, 2.75) is 24.7 Å². The summed E-state index contributed by atoms with van der Waals surface area (Å²) in [4.78, 5) is 23.6. The number of halogens is 1. The lowest BCUT2D eigenvalue weighted by Gasteiger charge is -2.12. The SMILES string of the molecule is CCCC(CNC(=O)CSc1ccc(Cl)cc1)C(=O)O. The van der Waals surface area contributed by atoms with Crippen molar-refractivity contribution >= 4 is 35.2 Å². The first-order valence-electron chi connectivity index (χ1n) is 6.40. The molecule has 0 heterocycles. The van der Waals surface area contributed by atoms with E-state index in [2.05, 4.69) is 5.32 Å². The number of carboxylic acids is 1. The van der Waals surface area contributed by atoms with Gasteiger partial charge >= 0.3 is 5.97 Å². The van der Waals surface area contributed by atoms with E-state index in [0.717, 1.165) is 11.3 Å². The lowest BCUT2D eigenvalue weighted by Crippen LogP contribution is -2.33. The highest BCUT2D eigenvalue weighted by molar-refractivity contribution is 8.00. The molecule has 1 amide bonds. The van der Waals surface area contributed by atoms with Gasteiger partial charge in [-0.15, -0.1) is 11.8 Å².